The van der Waals surface area contributed by atoms with Gasteiger partial charge in [0.25, 0.3) is 0 Å². The molecular weight excluding hydrogens is 478 g/mol. The van der Waals surface area contributed by atoms with Crippen LogP contribution in [0.5, 0.6) is 0 Å². The predicted molar refractivity (Wildman–Crippen MR) is 127 cm³/mol. The molecule has 0 fully saturated rings. The van der Waals surface area contributed by atoms with Crippen LogP contribution in [0.1, 0.15) is 38.2 Å². The number of carbonyl (C=O) groups excluding carboxylic acids is 1. The maximum Gasteiger partial charge on any atom is 0.417 e. The molecule has 0 radical (unpaired) electrons. The third kappa shape index (κ3) is 4.91. The Morgan fingerprint density at radius 2 is 0.889 bits per heavy atom. The van der Waals surface area contributed by atoms with Crippen LogP contribution in [0.2, 0.25) is 0 Å². The maximum absolute atomic E-state index is 13.5. The second-order valence-electron chi connectivity index (χ2n) is 8.48. The van der Waals surface area contributed by atoms with Crippen LogP contribution < -0.4 is 0 Å². The summed E-state index contributed by atoms with van der Waals surface area (Å²) in [7, 11) is 0. The van der Waals surface area contributed by atoms with Gasteiger partial charge in [-0.15, -0.1) is 0 Å². The molecule has 0 saturated heterocycles. The minimum absolute atomic E-state index is 0.0185. The zero-order chi connectivity index (χ0) is 26.3. The molecule has 0 heterocycles. The summed E-state index contributed by atoms with van der Waals surface area (Å²) in [5.74, 6) is -0.382. The monoisotopic (exact) mass is 498 g/mol. The molecule has 4 aromatic rings. The fourth-order valence-corrected chi connectivity index (χ4v) is 4.31. The lowest BCUT2D eigenvalue weighted by Crippen LogP contribution is -2.08. The number of alkyl halides is 6. The summed E-state index contributed by atoms with van der Waals surface area (Å²) in [6.45, 7) is 3.25. The minimum Gasteiger partial charge on any atom is -0.289 e. The van der Waals surface area contributed by atoms with Gasteiger partial charge in [-0.3, -0.25) is 4.79 Å². The van der Waals surface area contributed by atoms with E-state index >= 15 is 0 Å². The highest BCUT2D eigenvalue weighted by Crippen LogP contribution is 2.39. The molecule has 0 saturated carbocycles. The lowest BCUT2D eigenvalue weighted by molar-refractivity contribution is -0.137. The SMILES string of the molecule is Cc1cc(C(=O)c2ccc(-c3ccccc3C(F)(F)F)c(C)c2)ccc1-c1ccccc1C(F)(F)F. The average Bonchev–Trinajstić information content (AvgIpc) is 2.82. The van der Waals surface area contributed by atoms with Crippen LogP contribution in [0.3, 0.4) is 0 Å². The van der Waals surface area contributed by atoms with Gasteiger partial charge in [-0.25, -0.2) is 0 Å². The highest BCUT2D eigenvalue weighted by Gasteiger charge is 2.34. The zero-order valence-electron chi connectivity index (χ0n) is 19.3. The van der Waals surface area contributed by atoms with Gasteiger partial charge >= 0.3 is 12.4 Å². The van der Waals surface area contributed by atoms with Gasteiger partial charge in [0.2, 0.25) is 0 Å². The van der Waals surface area contributed by atoms with Crippen molar-refractivity contribution in [2.75, 3.05) is 0 Å². The van der Waals surface area contributed by atoms with E-state index in [2.05, 4.69) is 0 Å². The van der Waals surface area contributed by atoms with E-state index in [0.717, 1.165) is 12.1 Å². The van der Waals surface area contributed by atoms with Crippen LogP contribution >= 0.6 is 0 Å². The van der Waals surface area contributed by atoms with Crippen LogP contribution in [0.25, 0.3) is 22.3 Å². The van der Waals surface area contributed by atoms with Gasteiger partial charge in [-0.2, -0.15) is 26.3 Å². The summed E-state index contributed by atoms with van der Waals surface area (Å²) >= 11 is 0. The molecule has 0 aliphatic carbocycles. The Morgan fingerprint density at radius 3 is 1.22 bits per heavy atom. The Kier molecular flexibility index (Phi) is 6.52. The molecule has 184 valence electrons. The van der Waals surface area contributed by atoms with Crippen molar-refractivity contribution in [2.24, 2.45) is 0 Å². The van der Waals surface area contributed by atoms with Crippen LogP contribution in [0, 0.1) is 13.8 Å². The molecular formula is C29H20F6O. The molecule has 0 atom stereocenters. The lowest BCUT2D eigenvalue weighted by atomic mass is 9.90. The second-order valence-corrected chi connectivity index (χ2v) is 8.48. The average molecular weight is 498 g/mol. The minimum atomic E-state index is -4.53. The van der Waals surface area contributed by atoms with Crippen LogP contribution in [-0.4, -0.2) is 5.78 Å². The molecule has 1 nitrogen and oxygen atoms in total. The Morgan fingerprint density at radius 1 is 0.528 bits per heavy atom. The molecule has 0 aliphatic rings. The van der Waals surface area contributed by atoms with E-state index in [9.17, 15) is 31.1 Å². The lowest BCUT2D eigenvalue weighted by Gasteiger charge is -2.16. The normalized spacial score (nSPS) is 12.0. The predicted octanol–water partition coefficient (Wildman–Crippen LogP) is 8.91. The van der Waals surface area contributed by atoms with E-state index in [1.165, 1.54) is 72.8 Å². The summed E-state index contributed by atoms with van der Waals surface area (Å²) < 4.78 is 80.8. The van der Waals surface area contributed by atoms with Crippen molar-refractivity contribution in [1.29, 1.82) is 0 Å². The summed E-state index contributed by atoms with van der Waals surface area (Å²) in [6.07, 6.45) is -9.05. The molecule has 4 aromatic carbocycles. The largest absolute Gasteiger partial charge is 0.417 e. The number of hydrogen-bond acceptors (Lipinski definition) is 1. The van der Waals surface area contributed by atoms with Crippen molar-refractivity contribution >= 4 is 5.78 Å². The number of ketones is 1. The maximum atomic E-state index is 13.5. The number of benzene rings is 4. The highest BCUT2D eigenvalue weighted by atomic mass is 19.4. The summed E-state index contributed by atoms with van der Waals surface area (Å²) in [4.78, 5) is 13.1. The van der Waals surface area contributed by atoms with Gasteiger partial charge in [0.05, 0.1) is 11.1 Å². The van der Waals surface area contributed by atoms with E-state index in [1.54, 1.807) is 13.8 Å². The summed E-state index contributed by atoms with van der Waals surface area (Å²) in [5, 5.41) is 0. The standard InChI is InChI=1S/C29H20F6O/c1-17-15-19(11-13-21(17)23-7-3-5-9-25(23)28(30,31)32)27(36)20-12-14-22(18(2)16-20)24-8-4-6-10-26(24)29(33,34)35/h3-16H,1-2H3. The summed E-state index contributed by atoms with van der Waals surface area (Å²) in [5.41, 5.74) is 0.733. The van der Waals surface area contributed by atoms with Crippen molar-refractivity contribution < 1.29 is 31.1 Å². The van der Waals surface area contributed by atoms with Crippen molar-refractivity contribution in [1.82, 2.24) is 0 Å². The molecule has 0 amide bonds. The molecule has 0 spiro atoms. The first-order valence-corrected chi connectivity index (χ1v) is 11.0. The molecule has 7 heteroatoms. The summed E-state index contributed by atoms with van der Waals surface area (Å²) in [6, 6.07) is 19.4. The molecule has 36 heavy (non-hydrogen) atoms. The smallest absolute Gasteiger partial charge is 0.289 e. The van der Waals surface area contributed by atoms with Gasteiger partial charge in [0.1, 0.15) is 0 Å². The molecule has 0 bridgehead atoms. The quantitative estimate of drug-likeness (QED) is 0.203. The first-order valence-electron chi connectivity index (χ1n) is 11.0. The highest BCUT2D eigenvalue weighted by molar-refractivity contribution is 6.09. The van der Waals surface area contributed by atoms with Crippen molar-refractivity contribution in [3.63, 3.8) is 0 Å². The number of hydrogen-bond donors (Lipinski definition) is 0. The van der Waals surface area contributed by atoms with E-state index in [-0.39, 0.29) is 28.0 Å². The Bertz CT molecular complexity index is 1340. The Balaban J connectivity index is 1.69. The van der Waals surface area contributed by atoms with E-state index in [1.807, 2.05) is 0 Å². The number of halogens is 6. The molecule has 0 unspecified atom stereocenters. The van der Waals surface area contributed by atoms with Crippen molar-refractivity contribution in [3.8, 4) is 22.3 Å². The van der Waals surface area contributed by atoms with Gasteiger partial charge in [-0.1, -0.05) is 60.7 Å². The third-order valence-electron chi connectivity index (χ3n) is 6.02. The first kappa shape index (κ1) is 25.2. The molecule has 4 rings (SSSR count). The number of aryl methyl sites for hydroxylation is 2. The van der Waals surface area contributed by atoms with Gasteiger partial charge in [0, 0.05) is 11.1 Å². The van der Waals surface area contributed by atoms with Crippen molar-refractivity contribution in [3.05, 3.63) is 118 Å². The van der Waals surface area contributed by atoms with Crippen LogP contribution in [0.15, 0.2) is 84.9 Å². The van der Waals surface area contributed by atoms with E-state index < -0.39 is 23.5 Å². The topological polar surface area (TPSA) is 17.1 Å². The molecule has 0 aromatic heterocycles. The van der Waals surface area contributed by atoms with Crippen LogP contribution in [0.4, 0.5) is 26.3 Å². The first-order chi connectivity index (χ1) is 16.9. The van der Waals surface area contributed by atoms with Crippen LogP contribution in [-0.2, 0) is 12.4 Å². The Hall–Kier alpha value is -3.87. The van der Waals surface area contributed by atoms with Crippen molar-refractivity contribution in [2.45, 2.75) is 26.2 Å². The second kappa shape index (κ2) is 9.30. The van der Waals surface area contributed by atoms with E-state index in [0.29, 0.717) is 22.3 Å². The van der Waals surface area contributed by atoms with Gasteiger partial charge < -0.3 is 0 Å². The molecule has 0 N–H and O–H groups in total. The molecule has 0 aliphatic heterocycles. The Labute approximate surface area is 204 Å². The fraction of sp³-hybridized carbons (Fsp3) is 0.138. The van der Waals surface area contributed by atoms with Gasteiger partial charge in [0.15, 0.2) is 5.78 Å². The number of rotatable bonds is 4. The zero-order valence-corrected chi connectivity index (χ0v) is 19.3. The van der Waals surface area contributed by atoms with Gasteiger partial charge in [-0.05, 0) is 71.5 Å². The van der Waals surface area contributed by atoms with E-state index in [4.69, 9.17) is 0 Å². The number of carbonyl (C=O) groups is 1. The fourth-order valence-electron chi connectivity index (χ4n) is 4.31. The third-order valence-corrected chi connectivity index (χ3v) is 6.02.